The van der Waals surface area contributed by atoms with Gasteiger partial charge in [0.1, 0.15) is 11.8 Å². The van der Waals surface area contributed by atoms with Gasteiger partial charge in [-0.25, -0.2) is 13.1 Å². The number of carbonyl (C=O) groups is 2. The SMILES string of the molecule is COc1ccc(SC[C@@H](NS(C)(=O)=O)C(=O)N[C@@H](Cc2ccccc2)[C@H](O)Cc2ccccc2C(=O)NC(C)(C)C)cc1. The molecule has 3 rings (SSSR count). The van der Waals surface area contributed by atoms with E-state index in [-0.39, 0.29) is 18.1 Å². The van der Waals surface area contributed by atoms with Gasteiger partial charge in [0.2, 0.25) is 15.9 Å². The molecule has 3 aromatic carbocycles. The Hall–Kier alpha value is -3.38. The van der Waals surface area contributed by atoms with Crippen molar-refractivity contribution in [2.24, 2.45) is 0 Å². The lowest BCUT2D eigenvalue weighted by molar-refractivity contribution is -0.123. The Balaban J connectivity index is 1.84. The molecule has 0 bridgehead atoms. The Bertz CT molecular complexity index is 1460. The maximum atomic E-state index is 13.6. The van der Waals surface area contributed by atoms with Gasteiger partial charge in [0.05, 0.1) is 25.5 Å². The minimum absolute atomic E-state index is 0.0935. The summed E-state index contributed by atoms with van der Waals surface area (Å²) in [5.74, 6) is -0.0185. The maximum Gasteiger partial charge on any atom is 0.251 e. The van der Waals surface area contributed by atoms with Gasteiger partial charge in [0.15, 0.2) is 0 Å². The largest absolute Gasteiger partial charge is 0.497 e. The molecule has 2 amide bonds. The summed E-state index contributed by atoms with van der Waals surface area (Å²) in [6.07, 6.45) is 0.305. The van der Waals surface area contributed by atoms with E-state index in [0.29, 0.717) is 23.3 Å². The number of hydrogen-bond acceptors (Lipinski definition) is 7. The Labute approximate surface area is 258 Å². The second-order valence-electron chi connectivity index (χ2n) is 11.4. The number of methoxy groups -OCH3 is 1. The van der Waals surface area contributed by atoms with Crippen LogP contribution in [-0.2, 0) is 27.7 Å². The Kier molecular flexibility index (Phi) is 12.2. The molecule has 3 atom stereocenters. The minimum Gasteiger partial charge on any atom is -0.497 e. The number of benzene rings is 3. The van der Waals surface area contributed by atoms with Crippen LogP contribution in [0, 0.1) is 0 Å². The third-order valence-corrected chi connectivity index (χ3v) is 8.24. The van der Waals surface area contributed by atoms with Crippen LogP contribution in [0.1, 0.15) is 42.3 Å². The van der Waals surface area contributed by atoms with Crippen LogP contribution >= 0.6 is 11.8 Å². The van der Waals surface area contributed by atoms with Crippen molar-refractivity contribution < 1.29 is 27.9 Å². The second-order valence-corrected chi connectivity index (χ2v) is 14.2. The highest BCUT2D eigenvalue weighted by Crippen LogP contribution is 2.23. The molecule has 0 aliphatic heterocycles. The van der Waals surface area contributed by atoms with Crippen LogP contribution in [0.25, 0.3) is 0 Å². The Morgan fingerprint density at radius 1 is 0.930 bits per heavy atom. The molecule has 0 unspecified atom stereocenters. The third kappa shape index (κ3) is 11.7. The van der Waals surface area contributed by atoms with Gasteiger partial charge in [0, 0.05) is 28.2 Å². The molecule has 0 spiro atoms. The van der Waals surface area contributed by atoms with Gasteiger partial charge in [0.25, 0.3) is 5.91 Å². The lowest BCUT2D eigenvalue weighted by atomic mass is 9.93. The number of hydrogen-bond donors (Lipinski definition) is 4. The fraction of sp³-hybridized carbons (Fsp3) is 0.375. The van der Waals surface area contributed by atoms with Crippen molar-refractivity contribution in [3.63, 3.8) is 0 Å². The van der Waals surface area contributed by atoms with Crippen molar-refractivity contribution in [1.29, 1.82) is 0 Å². The average Bonchev–Trinajstić information content (AvgIpc) is 2.94. The van der Waals surface area contributed by atoms with Crippen LogP contribution in [0.4, 0.5) is 0 Å². The first-order valence-electron chi connectivity index (χ1n) is 13.9. The molecule has 0 saturated heterocycles. The summed E-state index contributed by atoms with van der Waals surface area (Å²) in [7, 11) is -2.16. The number of carbonyl (C=O) groups excluding carboxylic acids is 2. The molecule has 232 valence electrons. The number of nitrogens with one attached hydrogen (secondary N) is 3. The first-order chi connectivity index (χ1) is 20.2. The van der Waals surface area contributed by atoms with Crippen LogP contribution in [0.5, 0.6) is 5.75 Å². The number of amides is 2. The normalized spacial score (nSPS) is 13.9. The van der Waals surface area contributed by atoms with Crippen molar-refractivity contribution in [3.05, 3.63) is 95.6 Å². The molecule has 11 heteroatoms. The van der Waals surface area contributed by atoms with E-state index in [4.69, 9.17) is 4.74 Å². The molecule has 4 N–H and O–H groups in total. The van der Waals surface area contributed by atoms with Crippen molar-refractivity contribution in [2.75, 3.05) is 19.1 Å². The monoisotopic (exact) mass is 627 g/mol. The van der Waals surface area contributed by atoms with Gasteiger partial charge in [-0.3, -0.25) is 9.59 Å². The minimum atomic E-state index is -3.73. The van der Waals surface area contributed by atoms with Crippen molar-refractivity contribution in [3.8, 4) is 5.75 Å². The van der Waals surface area contributed by atoms with Gasteiger partial charge in [-0.2, -0.15) is 0 Å². The fourth-order valence-corrected chi connectivity index (χ4v) is 6.14. The zero-order valence-electron chi connectivity index (χ0n) is 25.2. The van der Waals surface area contributed by atoms with E-state index in [1.807, 2.05) is 63.2 Å². The van der Waals surface area contributed by atoms with Gasteiger partial charge in [-0.15, -0.1) is 11.8 Å². The highest BCUT2D eigenvalue weighted by Gasteiger charge is 2.29. The van der Waals surface area contributed by atoms with E-state index in [1.165, 1.54) is 11.8 Å². The van der Waals surface area contributed by atoms with Gasteiger partial charge in [-0.1, -0.05) is 48.5 Å². The lowest BCUT2D eigenvalue weighted by Gasteiger charge is -2.28. The molecule has 0 aliphatic rings. The number of ether oxygens (including phenoxy) is 1. The van der Waals surface area contributed by atoms with Crippen molar-refractivity contribution in [2.45, 2.75) is 62.2 Å². The molecule has 0 radical (unpaired) electrons. The zero-order chi connectivity index (χ0) is 31.6. The highest BCUT2D eigenvalue weighted by molar-refractivity contribution is 7.99. The number of aliphatic hydroxyl groups is 1. The summed E-state index contributed by atoms with van der Waals surface area (Å²) in [4.78, 5) is 27.4. The molecule has 0 saturated carbocycles. The summed E-state index contributed by atoms with van der Waals surface area (Å²) >= 11 is 1.32. The first kappa shape index (κ1) is 34.1. The van der Waals surface area contributed by atoms with Crippen molar-refractivity contribution in [1.82, 2.24) is 15.4 Å². The molecular weight excluding hydrogens is 587 g/mol. The summed E-state index contributed by atoms with van der Waals surface area (Å²) < 4.78 is 32.0. The number of aliphatic hydroxyl groups excluding tert-OH is 1. The standard InChI is InChI=1S/C32H41N3O6S2/c1-32(2,3)34-30(37)26-14-10-9-13-23(26)20-29(36)27(19-22-11-7-6-8-12-22)33-31(38)28(35-43(5,39)40)21-42-25-17-15-24(41-4)16-18-25/h6-18,27-29,35-36H,19-21H2,1-5H3,(H,33,38)(H,34,37)/t27-,28+,29+/m0/s1. The van der Waals surface area contributed by atoms with Gasteiger partial charge in [-0.05, 0) is 68.7 Å². The first-order valence-corrected chi connectivity index (χ1v) is 16.8. The van der Waals surface area contributed by atoms with Crippen LogP contribution in [0.2, 0.25) is 0 Å². The van der Waals surface area contributed by atoms with Gasteiger partial charge < -0.3 is 20.5 Å². The Morgan fingerprint density at radius 2 is 1.56 bits per heavy atom. The molecule has 3 aromatic rings. The molecule has 0 heterocycles. The number of sulfonamides is 1. The summed E-state index contributed by atoms with van der Waals surface area (Å²) in [6, 6.07) is 21.8. The summed E-state index contributed by atoms with van der Waals surface area (Å²) in [5.41, 5.74) is 1.50. The molecule has 0 fully saturated rings. The van der Waals surface area contributed by atoms with Crippen LogP contribution in [0.15, 0.2) is 83.8 Å². The zero-order valence-corrected chi connectivity index (χ0v) is 26.8. The molecule has 9 nitrogen and oxygen atoms in total. The topological polar surface area (TPSA) is 134 Å². The summed E-state index contributed by atoms with van der Waals surface area (Å²) in [5, 5.41) is 17.3. The number of rotatable bonds is 14. The molecule has 0 aromatic heterocycles. The summed E-state index contributed by atoms with van der Waals surface area (Å²) in [6.45, 7) is 5.67. The highest BCUT2D eigenvalue weighted by atomic mass is 32.2. The van der Waals surface area contributed by atoms with Crippen molar-refractivity contribution >= 4 is 33.6 Å². The van der Waals surface area contributed by atoms with Crippen LogP contribution in [-0.4, -0.2) is 68.2 Å². The predicted molar refractivity (Wildman–Crippen MR) is 171 cm³/mol. The van der Waals surface area contributed by atoms with E-state index >= 15 is 0 Å². The predicted octanol–water partition coefficient (Wildman–Crippen LogP) is 3.56. The van der Waals surface area contributed by atoms with Crippen LogP contribution in [0.3, 0.4) is 0 Å². The average molecular weight is 628 g/mol. The van der Waals surface area contributed by atoms with E-state index in [0.717, 1.165) is 16.7 Å². The molecular formula is C32H41N3O6S2. The molecule has 0 aliphatic carbocycles. The van der Waals surface area contributed by atoms with E-state index in [2.05, 4.69) is 15.4 Å². The molecule has 43 heavy (non-hydrogen) atoms. The van der Waals surface area contributed by atoms with E-state index in [9.17, 15) is 23.1 Å². The fourth-order valence-electron chi connectivity index (χ4n) is 4.40. The Morgan fingerprint density at radius 3 is 2.16 bits per heavy atom. The quantitative estimate of drug-likeness (QED) is 0.201. The van der Waals surface area contributed by atoms with Crippen LogP contribution < -0.4 is 20.1 Å². The van der Waals surface area contributed by atoms with Gasteiger partial charge >= 0.3 is 0 Å². The second kappa shape index (κ2) is 15.4. The third-order valence-electron chi connectivity index (χ3n) is 6.42. The smallest absolute Gasteiger partial charge is 0.251 e. The number of thioether (sulfide) groups is 1. The maximum absolute atomic E-state index is 13.6. The van der Waals surface area contributed by atoms with E-state index < -0.39 is 39.7 Å². The van der Waals surface area contributed by atoms with E-state index in [1.54, 1.807) is 43.5 Å². The lowest BCUT2D eigenvalue weighted by Crippen LogP contribution is -2.54.